The molecule has 0 unspecified atom stereocenters. The zero-order valence-electron chi connectivity index (χ0n) is 1.38. The molecule has 5 heavy (non-hydrogen) atoms. The van der Waals surface area contributed by atoms with Crippen LogP contribution in [0.25, 0.3) is 0 Å². The summed E-state index contributed by atoms with van der Waals surface area (Å²) >= 11 is 0. The Morgan fingerprint density at radius 2 is 1.00 bits per heavy atom. The Morgan fingerprint density at radius 1 is 1.00 bits per heavy atom. The first-order valence-corrected chi connectivity index (χ1v) is 0. The molecule has 5 heteroatoms. The van der Waals surface area contributed by atoms with Gasteiger partial charge >= 0.3 is 0 Å². The molecule has 41 valence electrons. The third kappa shape index (κ3) is 21.0. The second-order valence-corrected chi connectivity index (χ2v) is 0. The van der Waals surface area contributed by atoms with E-state index in [0.717, 1.165) is 0 Å². The van der Waals surface area contributed by atoms with Crippen molar-refractivity contribution in [1.82, 2.24) is 0 Å². The van der Waals surface area contributed by atoms with Crippen LogP contribution in [0.3, 0.4) is 0 Å². The smallest absolute Gasteiger partial charge is 0 e. The number of hydrogen-bond acceptors (Lipinski definition) is 0. The zero-order chi connectivity index (χ0) is 0. The Labute approximate surface area is 84.4 Å². The predicted octanol–water partition coefficient (Wildman–Crippen LogP) is -1.19. The summed E-state index contributed by atoms with van der Waals surface area (Å²) in [5.41, 5.74) is 0. The van der Waals surface area contributed by atoms with E-state index in [0.29, 0.717) is 0 Å². The van der Waals surface area contributed by atoms with Gasteiger partial charge in [0.15, 0.2) is 0 Å². The van der Waals surface area contributed by atoms with Gasteiger partial charge in [-0.3, -0.25) is 0 Å². The molecule has 0 fully saturated rings. The van der Waals surface area contributed by atoms with E-state index in [4.69, 9.17) is 0 Å². The summed E-state index contributed by atoms with van der Waals surface area (Å²) in [7, 11) is 0. The van der Waals surface area contributed by atoms with Gasteiger partial charge in [-0.05, 0) is 0 Å². The van der Waals surface area contributed by atoms with Gasteiger partial charge in [-0.1, -0.05) is 0 Å². The van der Waals surface area contributed by atoms with Crippen molar-refractivity contribution in [2.45, 2.75) is 0 Å². The normalized spacial score (nSPS) is 0. The zero-order valence-corrected chi connectivity index (χ0v) is 8.57. The summed E-state index contributed by atoms with van der Waals surface area (Å²) < 4.78 is 0. The Morgan fingerprint density at radius 3 is 1.00 bits per heavy atom. The van der Waals surface area contributed by atoms with Crippen LogP contribution in [-0.4, -0.2) is 8.41 Å². The standard InChI is InChI=1S/Au.BH3.Fe.Ni.W/h;1H3;;;. The molecule has 0 amide bonds. The molecule has 0 aliphatic heterocycles. The molecule has 1 radical (unpaired) electrons. The van der Waals surface area contributed by atoms with E-state index < -0.39 is 0 Å². The van der Waals surface area contributed by atoms with Gasteiger partial charge in [-0.25, -0.2) is 0 Å². The summed E-state index contributed by atoms with van der Waals surface area (Å²) in [4.78, 5) is 0. The maximum absolute atomic E-state index is 0. The molecule has 0 aromatic carbocycles. The molecule has 0 saturated carbocycles. The SMILES string of the molecule is B.[Au].[Fe].[Ni].[W]. The summed E-state index contributed by atoms with van der Waals surface area (Å²) in [6.07, 6.45) is 0. The molecule has 0 N–H and O–H groups in total. The average molecular weight is 509 g/mol. The molecule has 0 saturated heterocycles. The van der Waals surface area contributed by atoms with E-state index in [1.54, 1.807) is 0 Å². The Hall–Kier alpha value is 2.51. The molecule has 0 spiro atoms. The molecule has 0 aromatic rings. The Bertz CT molecular complexity index is 11.6. The van der Waals surface area contributed by atoms with E-state index in [-0.39, 0.29) is 85.4 Å². The topological polar surface area (TPSA) is 0 Å². The molecule has 0 rings (SSSR count). The first-order chi connectivity index (χ1) is 0. The van der Waals surface area contributed by atoms with Gasteiger partial charge in [0.05, 0.1) is 8.41 Å². The van der Waals surface area contributed by atoms with Gasteiger partial charge in [0, 0.05) is 77.0 Å². The molecular weight excluding hydrogens is 506 g/mol. The van der Waals surface area contributed by atoms with Crippen LogP contribution in [-0.2, 0) is 77.0 Å². The van der Waals surface area contributed by atoms with Crippen LogP contribution in [0, 0.1) is 0 Å². The van der Waals surface area contributed by atoms with E-state index in [1.807, 2.05) is 0 Å². The van der Waals surface area contributed by atoms with Gasteiger partial charge in [-0.2, -0.15) is 0 Å². The van der Waals surface area contributed by atoms with Crippen molar-refractivity contribution in [3.05, 3.63) is 0 Å². The Balaban J connectivity index is 0. The Kier molecular flexibility index (Phi) is 318. The first kappa shape index (κ1) is 50.6. The van der Waals surface area contributed by atoms with Crippen molar-refractivity contribution < 1.29 is 77.0 Å². The van der Waals surface area contributed by atoms with Crippen molar-refractivity contribution >= 4 is 8.41 Å². The van der Waals surface area contributed by atoms with Crippen molar-refractivity contribution in [2.75, 3.05) is 0 Å². The fourth-order valence-corrected chi connectivity index (χ4v) is 0. The summed E-state index contributed by atoms with van der Waals surface area (Å²) in [5.74, 6) is 0. The fourth-order valence-electron chi connectivity index (χ4n) is 0. The molecule has 0 bridgehead atoms. The first-order valence-electron chi connectivity index (χ1n) is 0. The van der Waals surface area contributed by atoms with Gasteiger partial charge in [-0.15, -0.1) is 0 Å². The quantitative estimate of drug-likeness (QED) is 0.361. The van der Waals surface area contributed by atoms with Crippen molar-refractivity contribution in [2.24, 2.45) is 0 Å². The maximum Gasteiger partial charge on any atom is 0.0814 e. The summed E-state index contributed by atoms with van der Waals surface area (Å²) in [6.45, 7) is 0. The van der Waals surface area contributed by atoms with Crippen LogP contribution >= 0.6 is 0 Å². The van der Waals surface area contributed by atoms with Gasteiger partial charge in [0.2, 0.25) is 0 Å². The van der Waals surface area contributed by atoms with Crippen LogP contribution in [0.15, 0.2) is 0 Å². The third-order valence-electron chi connectivity index (χ3n) is 0. The van der Waals surface area contributed by atoms with E-state index in [2.05, 4.69) is 0 Å². The maximum atomic E-state index is 0. The summed E-state index contributed by atoms with van der Waals surface area (Å²) in [5, 5.41) is 0. The van der Waals surface area contributed by atoms with Crippen molar-refractivity contribution in [3.63, 3.8) is 0 Å². The van der Waals surface area contributed by atoms with Crippen LogP contribution in [0.5, 0.6) is 0 Å². The van der Waals surface area contributed by atoms with E-state index >= 15 is 0 Å². The van der Waals surface area contributed by atoms with Crippen LogP contribution in [0.2, 0.25) is 0 Å². The van der Waals surface area contributed by atoms with Gasteiger partial charge in [0.25, 0.3) is 0 Å². The minimum absolute atomic E-state index is 0. The largest absolute Gasteiger partial charge is 0.0814 e. The van der Waals surface area contributed by atoms with Crippen molar-refractivity contribution in [1.29, 1.82) is 0 Å². The minimum Gasteiger partial charge on any atom is 0 e. The number of hydrogen-bond donors (Lipinski definition) is 0. The molecule has 0 aliphatic rings. The molecule has 0 aromatic heterocycles. The summed E-state index contributed by atoms with van der Waals surface area (Å²) in [6, 6.07) is 0. The van der Waals surface area contributed by atoms with Gasteiger partial charge < -0.3 is 0 Å². The minimum atomic E-state index is 0. The molecule has 0 atom stereocenters. The number of rotatable bonds is 0. The molecular formula is H3AuBFeNiW. The van der Waals surface area contributed by atoms with Gasteiger partial charge in [0.1, 0.15) is 0 Å². The van der Waals surface area contributed by atoms with Crippen LogP contribution < -0.4 is 0 Å². The second kappa shape index (κ2) is 31.4. The fraction of sp³-hybridized carbons (Fsp3) is 0. The molecule has 0 aliphatic carbocycles. The second-order valence-electron chi connectivity index (χ2n) is 0. The van der Waals surface area contributed by atoms with E-state index in [9.17, 15) is 0 Å². The monoisotopic (exact) mass is 509 g/mol. The molecule has 0 heterocycles. The average Bonchev–Trinajstić information content (AvgIpc) is 0. The van der Waals surface area contributed by atoms with Crippen LogP contribution in [0.1, 0.15) is 0 Å². The molecule has 0 nitrogen and oxygen atoms in total. The predicted molar refractivity (Wildman–Crippen MR) is 9.94 cm³/mol. The third-order valence-corrected chi connectivity index (χ3v) is 0. The van der Waals surface area contributed by atoms with E-state index in [1.165, 1.54) is 0 Å². The van der Waals surface area contributed by atoms with Crippen LogP contribution in [0.4, 0.5) is 0 Å². The van der Waals surface area contributed by atoms with Crippen molar-refractivity contribution in [3.8, 4) is 0 Å².